The van der Waals surface area contributed by atoms with Gasteiger partial charge in [0.25, 0.3) is 0 Å². The van der Waals surface area contributed by atoms with Crippen LogP contribution in [0, 0.1) is 5.92 Å². The van der Waals surface area contributed by atoms with Gasteiger partial charge in [-0.05, 0) is 25.0 Å². The van der Waals surface area contributed by atoms with Crippen LogP contribution < -0.4 is 0 Å². The van der Waals surface area contributed by atoms with Crippen molar-refractivity contribution in [3.63, 3.8) is 0 Å². The normalized spacial score (nSPS) is 12.9. The van der Waals surface area contributed by atoms with Gasteiger partial charge < -0.3 is 4.79 Å². The number of hydrogen-bond acceptors (Lipinski definition) is 2. The summed E-state index contributed by atoms with van der Waals surface area (Å²) in [6.07, 6.45) is 2.37. The molecule has 0 spiro atoms. The van der Waals surface area contributed by atoms with Gasteiger partial charge in [-0.3, -0.25) is 4.98 Å². The molecular weight excluding hydrogens is 174 g/mol. The Morgan fingerprint density at radius 3 is 2.57 bits per heavy atom. The lowest BCUT2D eigenvalue weighted by Crippen LogP contribution is -2.12. The molecule has 0 aliphatic carbocycles. The highest BCUT2D eigenvalue weighted by Gasteiger charge is 2.18. The minimum Gasteiger partial charge on any atom is -0.300 e. The first-order chi connectivity index (χ1) is 6.61. The van der Waals surface area contributed by atoms with Crippen molar-refractivity contribution < 1.29 is 4.79 Å². The van der Waals surface area contributed by atoms with Crippen LogP contribution in [0.3, 0.4) is 0 Å². The number of carbonyl (C=O) groups is 1. The third kappa shape index (κ3) is 2.95. The summed E-state index contributed by atoms with van der Waals surface area (Å²) in [4.78, 5) is 15.4. The molecule has 0 fully saturated rings. The molecule has 1 atom stereocenters. The van der Waals surface area contributed by atoms with Crippen molar-refractivity contribution in [1.29, 1.82) is 0 Å². The van der Waals surface area contributed by atoms with E-state index in [2.05, 4.69) is 18.8 Å². The van der Waals surface area contributed by atoms with E-state index in [0.717, 1.165) is 5.69 Å². The van der Waals surface area contributed by atoms with Crippen LogP contribution in [-0.2, 0) is 4.79 Å². The Hall–Kier alpha value is -1.18. The molecule has 0 amide bonds. The highest BCUT2D eigenvalue weighted by molar-refractivity contribution is 5.76. The number of ketones is 1. The Morgan fingerprint density at radius 1 is 1.43 bits per heavy atom. The molecule has 1 aromatic heterocycles. The predicted octanol–water partition coefficient (Wildman–Crippen LogP) is 2.80. The van der Waals surface area contributed by atoms with Gasteiger partial charge in [0.2, 0.25) is 0 Å². The summed E-state index contributed by atoms with van der Waals surface area (Å²) in [5.41, 5.74) is 1.03. The smallest absolute Gasteiger partial charge is 0.130 e. The standard InChI is InChI=1S/C12H17NO/c1-9(2)11(8-10(3)14)12-6-4-5-7-13-12/h4-7,9,11H,8H2,1-3H3. The lowest BCUT2D eigenvalue weighted by atomic mass is 9.88. The second-order valence-corrected chi connectivity index (χ2v) is 4.01. The SMILES string of the molecule is CC(=O)CC(c1ccccn1)C(C)C. The fourth-order valence-corrected chi connectivity index (χ4v) is 1.59. The zero-order valence-corrected chi connectivity index (χ0v) is 9.03. The van der Waals surface area contributed by atoms with Crippen LogP contribution in [0.4, 0.5) is 0 Å². The largest absolute Gasteiger partial charge is 0.300 e. The van der Waals surface area contributed by atoms with Crippen LogP contribution in [0.2, 0.25) is 0 Å². The number of Topliss-reactive ketones (excluding diaryl/α,β-unsaturated/α-hetero) is 1. The molecule has 76 valence electrons. The Bertz CT molecular complexity index is 292. The van der Waals surface area contributed by atoms with Gasteiger partial charge in [0.15, 0.2) is 0 Å². The fourth-order valence-electron chi connectivity index (χ4n) is 1.59. The molecular formula is C12H17NO. The highest BCUT2D eigenvalue weighted by atomic mass is 16.1. The number of aromatic nitrogens is 1. The van der Waals surface area contributed by atoms with E-state index in [4.69, 9.17) is 0 Å². The van der Waals surface area contributed by atoms with E-state index in [1.54, 1.807) is 13.1 Å². The molecule has 0 aromatic carbocycles. The summed E-state index contributed by atoms with van der Waals surface area (Å²) in [5.74, 6) is 0.942. The second-order valence-electron chi connectivity index (χ2n) is 4.01. The van der Waals surface area contributed by atoms with Crippen molar-refractivity contribution in [3.05, 3.63) is 30.1 Å². The van der Waals surface area contributed by atoms with Gasteiger partial charge in [0.05, 0.1) is 0 Å². The predicted molar refractivity (Wildman–Crippen MR) is 57.1 cm³/mol. The highest BCUT2D eigenvalue weighted by Crippen LogP contribution is 2.26. The summed E-state index contributed by atoms with van der Waals surface area (Å²) in [7, 11) is 0. The van der Waals surface area contributed by atoms with Gasteiger partial charge in [-0.25, -0.2) is 0 Å². The first-order valence-electron chi connectivity index (χ1n) is 5.01. The maximum Gasteiger partial charge on any atom is 0.130 e. The fraction of sp³-hybridized carbons (Fsp3) is 0.500. The summed E-state index contributed by atoms with van der Waals surface area (Å²) in [5, 5.41) is 0. The number of rotatable bonds is 4. The van der Waals surface area contributed by atoms with E-state index in [1.807, 2.05) is 18.2 Å². The van der Waals surface area contributed by atoms with Gasteiger partial charge in [-0.2, -0.15) is 0 Å². The number of pyridine rings is 1. The van der Waals surface area contributed by atoms with Crippen molar-refractivity contribution in [2.75, 3.05) is 0 Å². The lowest BCUT2D eigenvalue weighted by Gasteiger charge is -2.18. The Labute approximate surface area is 85.4 Å². The Balaban J connectivity index is 2.83. The van der Waals surface area contributed by atoms with E-state index >= 15 is 0 Å². The topological polar surface area (TPSA) is 30.0 Å². The van der Waals surface area contributed by atoms with Crippen molar-refractivity contribution >= 4 is 5.78 Å². The molecule has 0 N–H and O–H groups in total. The van der Waals surface area contributed by atoms with Crippen molar-refractivity contribution in [2.45, 2.75) is 33.1 Å². The Kier molecular flexibility index (Phi) is 3.81. The van der Waals surface area contributed by atoms with Crippen LogP contribution >= 0.6 is 0 Å². The summed E-state index contributed by atoms with van der Waals surface area (Å²) in [6, 6.07) is 5.86. The first-order valence-corrected chi connectivity index (χ1v) is 5.01. The van der Waals surface area contributed by atoms with Gasteiger partial charge in [-0.1, -0.05) is 19.9 Å². The minimum atomic E-state index is 0.231. The molecule has 0 bridgehead atoms. The molecule has 1 rings (SSSR count). The quantitative estimate of drug-likeness (QED) is 0.732. The number of hydrogen-bond donors (Lipinski definition) is 0. The molecule has 0 radical (unpaired) electrons. The van der Waals surface area contributed by atoms with Gasteiger partial charge in [0, 0.05) is 24.2 Å². The molecule has 14 heavy (non-hydrogen) atoms. The number of carbonyl (C=O) groups excluding carboxylic acids is 1. The third-order valence-corrected chi connectivity index (χ3v) is 2.38. The molecule has 2 nitrogen and oxygen atoms in total. The molecule has 1 aromatic rings. The van der Waals surface area contributed by atoms with Crippen LogP contribution in [0.5, 0.6) is 0 Å². The third-order valence-electron chi connectivity index (χ3n) is 2.38. The van der Waals surface area contributed by atoms with Crippen LogP contribution in [0.15, 0.2) is 24.4 Å². The lowest BCUT2D eigenvalue weighted by molar-refractivity contribution is -0.117. The summed E-state index contributed by atoms with van der Waals surface area (Å²) in [6.45, 7) is 5.89. The average Bonchev–Trinajstić information content (AvgIpc) is 2.15. The number of nitrogens with zero attached hydrogens (tertiary/aromatic N) is 1. The van der Waals surface area contributed by atoms with E-state index in [-0.39, 0.29) is 11.7 Å². The maximum absolute atomic E-state index is 11.1. The van der Waals surface area contributed by atoms with Crippen LogP contribution in [0.25, 0.3) is 0 Å². The van der Waals surface area contributed by atoms with Gasteiger partial charge >= 0.3 is 0 Å². The Morgan fingerprint density at radius 2 is 2.14 bits per heavy atom. The first kappa shape index (κ1) is 10.9. The molecule has 2 heteroatoms. The van der Waals surface area contributed by atoms with Crippen LogP contribution in [-0.4, -0.2) is 10.8 Å². The minimum absolute atomic E-state index is 0.231. The maximum atomic E-state index is 11.1. The zero-order chi connectivity index (χ0) is 10.6. The van der Waals surface area contributed by atoms with E-state index < -0.39 is 0 Å². The van der Waals surface area contributed by atoms with Crippen LogP contribution in [0.1, 0.15) is 38.8 Å². The second kappa shape index (κ2) is 4.89. The molecule has 0 saturated heterocycles. The average molecular weight is 191 g/mol. The van der Waals surface area contributed by atoms with Gasteiger partial charge in [0.1, 0.15) is 5.78 Å². The van der Waals surface area contributed by atoms with Gasteiger partial charge in [-0.15, -0.1) is 0 Å². The molecule has 1 unspecified atom stereocenters. The zero-order valence-electron chi connectivity index (χ0n) is 9.03. The molecule has 0 aliphatic heterocycles. The van der Waals surface area contributed by atoms with Crippen molar-refractivity contribution in [1.82, 2.24) is 4.98 Å². The monoisotopic (exact) mass is 191 g/mol. The van der Waals surface area contributed by atoms with E-state index in [0.29, 0.717) is 12.3 Å². The summed E-state index contributed by atoms with van der Waals surface area (Å²) < 4.78 is 0. The van der Waals surface area contributed by atoms with Crippen molar-refractivity contribution in [2.24, 2.45) is 5.92 Å². The van der Waals surface area contributed by atoms with E-state index in [1.165, 1.54) is 0 Å². The summed E-state index contributed by atoms with van der Waals surface area (Å²) >= 11 is 0. The molecule has 1 heterocycles. The molecule has 0 saturated carbocycles. The molecule has 0 aliphatic rings. The van der Waals surface area contributed by atoms with Crippen molar-refractivity contribution in [3.8, 4) is 0 Å². The van der Waals surface area contributed by atoms with E-state index in [9.17, 15) is 4.79 Å².